The van der Waals surface area contributed by atoms with Gasteiger partial charge >= 0.3 is 5.91 Å². The number of rotatable bonds is 7. The molecule has 1 atom stereocenters. The van der Waals surface area contributed by atoms with Gasteiger partial charge in [0.05, 0.1) is 46.5 Å². The van der Waals surface area contributed by atoms with Gasteiger partial charge in [0.15, 0.2) is 17.3 Å². The van der Waals surface area contributed by atoms with E-state index in [1.807, 2.05) is 24.3 Å². The third-order valence-corrected chi connectivity index (χ3v) is 6.52. The van der Waals surface area contributed by atoms with Crippen molar-refractivity contribution in [1.82, 2.24) is 9.99 Å². The Morgan fingerprint density at radius 3 is 2.43 bits per heavy atom. The molecule has 0 spiro atoms. The molecule has 0 saturated heterocycles. The maximum Gasteiger partial charge on any atom is 0.310 e. The largest absolute Gasteiger partial charge is 0.497 e. The average Bonchev–Trinajstić information content (AvgIpc) is 3.62. The van der Waals surface area contributed by atoms with Crippen molar-refractivity contribution < 1.29 is 28.2 Å². The molecule has 0 aliphatic carbocycles. The van der Waals surface area contributed by atoms with Crippen LogP contribution in [0.1, 0.15) is 34.1 Å². The first-order valence-electron chi connectivity index (χ1n) is 11.4. The van der Waals surface area contributed by atoms with Crippen molar-refractivity contribution in [2.45, 2.75) is 12.5 Å². The van der Waals surface area contributed by atoms with Crippen LogP contribution in [-0.2, 0) is 0 Å². The number of hydrazone groups is 1. The molecule has 190 valence electrons. The highest BCUT2D eigenvalue weighted by Crippen LogP contribution is 2.41. The SMILES string of the molecule is COc1cc(OC)c2nc(Cl)c([C@H]3CC(c4ccc(OC)c(OC)c4)=NN3C(=O)c3ccco3)cc2c1. The zero-order valence-corrected chi connectivity index (χ0v) is 21.4. The van der Waals surface area contributed by atoms with Gasteiger partial charge in [0.1, 0.15) is 22.2 Å². The van der Waals surface area contributed by atoms with E-state index < -0.39 is 11.9 Å². The van der Waals surface area contributed by atoms with E-state index in [0.29, 0.717) is 46.2 Å². The molecule has 2 aromatic carbocycles. The van der Waals surface area contributed by atoms with E-state index in [9.17, 15) is 4.79 Å². The summed E-state index contributed by atoms with van der Waals surface area (Å²) in [6.45, 7) is 0. The number of furan rings is 1. The Bertz CT molecular complexity index is 1500. The number of benzene rings is 2. The van der Waals surface area contributed by atoms with E-state index in [2.05, 4.69) is 4.98 Å². The molecule has 2 aromatic heterocycles. The van der Waals surface area contributed by atoms with Gasteiger partial charge < -0.3 is 23.4 Å². The number of hydrogen-bond donors (Lipinski definition) is 0. The van der Waals surface area contributed by atoms with Gasteiger partial charge in [-0.05, 0) is 42.5 Å². The Morgan fingerprint density at radius 1 is 0.973 bits per heavy atom. The summed E-state index contributed by atoms with van der Waals surface area (Å²) in [4.78, 5) is 18.1. The molecule has 0 fully saturated rings. The molecule has 1 amide bonds. The number of aromatic nitrogens is 1. The summed E-state index contributed by atoms with van der Waals surface area (Å²) in [6.07, 6.45) is 1.83. The minimum atomic E-state index is -0.540. The molecule has 0 radical (unpaired) electrons. The number of carbonyl (C=O) groups is 1. The molecule has 0 bridgehead atoms. The van der Waals surface area contributed by atoms with Gasteiger partial charge in [-0.3, -0.25) is 4.79 Å². The van der Waals surface area contributed by atoms with Gasteiger partial charge in [0.25, 0.3) is 0 Å². The van der Waals surface area contributed by atoms with Gasteiger partial charge in [-0.1, -0.05) is 11.6 Å². The molecule has 37 heavy (non-hydrogen) atoms. The molecular weight excluding hydrogens is 498 g/mol. The van der Waals surface area contributed by atoms with Crippen LogP contribution in [0, 0.1) is 0 Å². The summed E-state index contributed by atoms with van der Waals surface area (Å²) in [6, 6.07) is 13.7. The van der Waals surface area contributed by atoms with Crippen LogP contribution in [0.5, 0.6) is 23.0 Å². The topological polar surface area (TPSA) is 95.6 Å². The van der Waals surface area contributed by atoms with Crippen LogP contribution in [0.2, 0.25) is 5.15 Å². The van der Waals surface area contributed by atoms with Crippen LogP contribution in [-0.4, -0.2) is 50.1 Å². The van der Waals surface area contributed by atoms with Crippen LogP contribution < -0.4 is 18.9 Å². The van der Waals surface area contributed by atoms with Crippen molar-refractivity contribution in [3.63, 3.8) is 0 Å². The maximum absolute atomic E-state index is 13.4. The predicted molar refractivity (Wildman–Crippen MR) is 138 cm³/mol. The second kappa shape index (κ2) is 10.0. The van der Waals surface area contributed by atoms with Crippen molar-refractivity contribution in [2.75, 3.05) is 28.4 Å². The normalized spacial score (nSPS) is 15.0. The number of halogens is 1. The fourth-order valence-corrected chi connectivity index (χ4v) is 4.64. The first-order valence-corrected chi connectivity index (χ1v) is 11.7. The number of nitrogens with zero attached hydrogens (tertiary/aromatic N) is 3. The Morgan fingerprint density at radius 2 is 1.76 bits per heavy atom. The zero-order chi connectivity index (χ0) is 26.1. The standard InChI is InChI=1S/C27H24ClN3O6/c1-33-17-10-16-11-18(26(28)29-25(16)24(13-17)36-4)20-14-19(15-7-8-21(34-2)23(12-15)35-3)30-31(20)27(32)22-6-5-9-37-22/h5-13,20H,14H2,1-4H3/t20-/m1/s1. The molecule has 5 rings (SSSR count). The summed E-state index contributed by atoms with van der Waals surface area (Å²) in [5.41, 5.74) is 2.67. The minimum absolute atomic E-state index is 0.163. The van der Waals surface area contributed by atoms with E-state index >= 15 is 0 Å². The van der Waals surface area contributed by atoms with Crippen molar-refractivity contribution in [3.8, 4) is 23.0 Å². The minimum Gasteiger partial charge on any atom is -0.497 e. The van der Waals surface area contributed by atoms with E-state index in [0.717, 1.165) is 10.9 Å². The van der Waals surface area contributed by atoms with E-state index in [1.54, 1.807) is 52.7 Å². The summed E-state index contributed by atoms with van der Waals surface area (Å²) < 4.78 is 27.1. The monoisotopic (exact) mass is 521 g/mol. The molecular formula is C27H24ClN3O6. The molecule has 9 nitrogen and oxygen atoms in total. The average molecular weight is 522 g/mol. The van der Waals surface area contributed by atoms with Gasteiger partial charge in [0, 0.05) is 29.0 Å². The first kappa shape index (κ1) is 24.5. The lowest BCUT2D eigenvalue weighted by Crippen LogP contribution is -2.27. The first-order chi connectivity index (χ1) is 18.0. The van der Waals surface area contributed by atoms with E-state index in [-0.39, 0.29) is 10.9 Å². The highest BCUT2D eigenvalue weighted by Gasteiger charge is 2.36. The highest BCUT2D eigenvalue weighted by atomic mass is 35.5. The number of fused-ring (bicyclic) bond motifs is 1. The highest BCUT2D eigenvalue weighted by molar-refractivity contribution is 6.30. The molecule has 0 unspecified atom stereocenters. The lowest BCUT2D eigenvalue weighted by Gasteiger charge is -2.22. The van der Waals surface area contributed by atoms with E-state index in [1.165, 1.54) is 11.3 Å². The number of carbonyl (C=O) groups excluding carboxylic acids is 1. The fourth-order valence-electron chi connectivity index (χ4n) is 4.37. The summed E-state index contributed by atoms with van der Waals surface area (Å²) in [5, 5.41) is 7.07. The third kappa shape index (κ3) is 4.42. The van der Waals surface area contributed by atoms with Crippen molar-refractivity contribution in [1.29, 1.82) is 0 Å². The number of pyridine rings is 1. The van der Waals surface area contributed by atoms with Gasteiger partial charge in [-0.25, -0.2) is 9.99 Å². The number of ether oxygens (including phenoxy) is 4. The lowest BCUT2D eigenvalue weighted by molar-refractivity contribution is 0.0678. The summed E-state index contributed by atoms with van der Waals surface area (Å²) in [5.74, 6) is 2.05. The maximum atomic E-state index is 13.4. The Hall–Kier alpha value is -4.24. The van der Waals surface area contributed by atoms with Gasteiger partial charge in [-0.15, -0.1) is 0 Å². The molecule has 10 heteroatoms. The summed E-state index contributed by atoms with van der Waals surface area (Å²) >= 11 is 6.71. The lowest BCUT2D eigenvalue weighted by atomic mass is 9.98. The van der Waals surface area contributed by atoms with Crippen LogP contribution in [0.4, 0.5) is 0 Å². The molecule has 1 aliphatic heterocycles. The Balaban J connectivity index is 1.62. The van der Waals surface area contributed by atoms with Crippen molar-refractivity contribution in [2.24, 2.45) is 5.10 Å². The second-order valence-electron chi connectivity index (χ2n) is 8.23. The quantitative estimate of drug-likeness (QED) is 0.296. The molecule has 3 heterocycles. The molecule has 0 saturated carbocycles. The zero-order valence-electron chi connectivity index (χ0n) is 20.6. The van der Waals surface area contributed by atoms with Crippen LogP contribution >= 0.6 is 11.6 Å². The van der Waals surface area contributed by atoms with Crippen molar-refractivity contribution >= 4 is 34.1 Å². The third-order valence-electron chi connectivity index (χ3n) is 6.22. The number of hydrogen-bond acceptors (Lipinski definition) is 8. The molecule has 4 aromatic rings. The molecule has 0 N–H and O–H groups in total. The van der Waals surface area contributed by atoms with Crippen molar-refractivity contribution in [3.05, 3.63) is 76.8 Å². The van der Waals surface area contributed by atoms with Crippen LogP contribution in [0.15, 0.2) is 64.3 Å². The van der Waals surface area contributed by atoms with Gasteiger partial charge in [0.2, 0.25) is 0 Å². The fraction of sp³-hybridized carbons (Fsp3) is 0.222. The Kier molecular flexibility index (Phi) is 6.62. The van der Waals surface area contributed by atoms with Crippen LogP contribution in [0.3, 0.4) is 0 Å². The van der Waals surface area contributed by atoms with Crippen LogP contribution in [0.25, 0.3) is 10.9 Å². The number of methoxy groups -OCH3 is 4. The smallest absolute Gasteiger partial charge is 0.310 e. The van der Waals surface area contributed by atoms with Gasteiger partial charge in [-0.2, -0.15) is 5.10 Å². The number of amides is 1. The molecule has 1 aliphatic rings. The van der Waals surface area contributed by atoms with E-state index in [4.69, 9.17) is 40.1 Å². The second-order valence-corrected chi connectivity index (χ2v) is 8.59. The predicted octanol–water partition coefficient (Wildman–Crippen LogP) is 5.51. The summed E-state index contributed by atoms with van der Waals surface area (Å²) in [7, 11) is 6.27. The Labute approximate surface area is 218 Å².